The summed E-state index contributed by atoms with van der Waals surface area (Å²) in [6.45, 7) is 0. The second kappa shape index (κ2) is 4.92. The summed E-state index contributed by atoms with van der Waals surface area (Å²) in [6.07, 6.45) is 0.693. The number of methoxy groups -OCH3 is 1. The van der Waals surface area contributed by atoms with Gasteiger partial charge in [-0.15, -0.1) is 0 Å². The number of carbonyl (C=O) groups excluding carboxylic acids is 1. The third-order valence-corrected chi connectivity index (χ3v) is 5.48. The molecule has 0 amide bonds. The van der Waals surface area contributed by atoms with Gasteiger partial charge in [-0.05, 0) is 29.8 Å². The molecule has 0 fully saturated rings. The van der Waals surface area contributed by atoms with Crippen molar-refractivity contribution >= 4 is 23.2 Å². The molecule has 0 radical (unpaired) electrons. The molecule has 0 saturated heterocycles. The van der Waals surface area contributed by atoms with Crippen molar-refractivity contribution in [1.82, 2.24) is 0 Å². The van der Waals surface area contributed by atoms with Crippen LogP contribution >= 0.6 is 11.8 Å². The summed E-state index contributed by atoms with van der Waals surface area (Å²) < 4.78 is 5.24. The molecule has 22 heavy (non-hydrogen) atoms. The summed E-state index contributed by atoms with van der Waals surface area (Å²) in [5, 5.41) is 1.04. The maximum Gasteiger partial charge on any atom is 0.192 e. The first-order valence-electron chi connectivity index (χ1n) is 7.14. The first-order valence-corrected chi connectivity index (χ1v) is 7.96. The van der Waals surface area contributed by atoms with Gasteiger partial charge < -0.3 is 9.64 Å². The Kier molecular flexibility index (Phi) is 3.01. The summed E-state index contributed by atoms with van der Waals surface area (Å²) >= 11 is 1.68. The number of benzene rings is 2. The van der Waals surface area contributed by atoms with Crippen LogP contribution in [0.15, 0.2) is 58.0 Å². The van der Waals surface area contributed by atoms with Crippen LogP contribution in [0, 0.1) is 0 Å². The molecule has 3 nitrogen and oxygen atoms in total. The Labute approximate surface area is 133 Å². The highest BCUT2D eigenvalue weighted by atomic mass is 32.2. The van der Waals surface area contributed by atoms with Crippen molar-refractivity contribution in [2.75, 3.05) is 19.1 Å². The summed E-state index contributed by atoms with van der Waals surface area (Å²) in [5.74, 6) is 0.852. The molecule has 2 aliphatic rings. The van der Waals surface area contributed by atoms with E-state index in [1.807, 2.05) is 37.4 Å². The number of allylic oxidation sites excluding steroid dienone is 1. The Balaban J connectivity index is 1.78. The lowest BCUT2D eigenvalue weighted by Gasteiger charge is -2.15. The van der Waals surface area contributed by atoms with Crippen molar-refractivity contribution in [3.63, 3.8) is 0 Å². The number of nitrogens with zero attached hydrogens (tertiary/aromatic N) is 1. The minimum absolute atomic E-state index is 0.121. The molecule has 1 aliphatic carbocycles. The molecule has 0 N–H and O–H groups in total. The van der Waals surface area contributed by atoms with E-state index in [9.17, 15) is 4.79 Å². The van der Waals surface area contributed by atoms with Crippen LogP contribution in [0.25, 0.3) is 0 Å². The molecular weight excluding hydrogens is 294 g/mol. The number of rotatable bonds is 1. The van der Waals surface area contributed by atoms with Crippen LogP contribution < -0.4 is 9.64 Å². The SMILES string of the molecule is COc1ccc2c(c1)C(=O)/C(=C1\Sc3ccccc3N1C)C2. The lowest BCUT2D eigenvalue weighted by molar-refractivity contribution is 0.103. The zero-order valence-electron chi connectivity index (χ0n) is 12.4. The monoisotopic (exact) mass is 309 g/mol. The topological polar surface area (TPSA) is 29.5 Å². The number of ether oxygens (including phenoxy) is 1. The average molecular weight is 309 g/mol. The number of ketones is 1. The lowest BCUT2D eigenvalue weighted by atomic mass is 10.1. The van der Waals surface area contributed by atoms with Gasteiger partial charge >= 0.3 is 0 Å². The highest BCUT2D eigenvalue weighted by molar-refractivity contribution is 8.03. The molecule has 0 spiro atoms. The van der Waals surface area contributed by atoms with E-state index in [4.69, 9.17) is 4.74 Å². The first kappa shape index (κ1) is 13.5. The molecule has 0 unspecified atom stereocenters. The highest BCUT2D eigenvalue weighted by Gasteiger charge is 2.33. The van der Waals surface area contributed by atoms with E-state index in [2.05, 4.69) is 17.0 Å². The quantitative estimate of drug-likeness (QED) is 0.748. The molecule has 4 rings (SSSR count). The summed E-state index contributed by atoms with van der Waals surface area (Å²) in [7, 11) is 3.65. The standard InChI is InChI=1S/C18H15NO2S/c1-19-15-5-3-4-6-16(15)22-18(19)14-9-11-7-8-12(21-2)10-13(11)17(14)20/h3-8,10H,9H2,1-2H3/b18-14-. The normalized spacial score (nSPS) is 19.4. The van der Waals surface area contributed by atoms with Gasteiger partial charge in [-0.3, -0.25) is 4.79 Å². The fourth-order valence-electron chi connectivity index (χ4n) is 3.02. The maximum atomic E-state index is 12.8. The molecule has 1 heterocycles. The van der Waals surface area contributed by atoms with Crippen LogP contribution in [0.2, 0.25) is 0 Å². The largest absolute Gasteiger partial charge is 0.497 e. The Morgan fingerprint density at radius 3 is 2.77 bits per heavy atom. The third kappa shape index (κ3) is 1.87. The molecule has 110 valence electrons. The average Bonchev–Trinajstić information content (AvgIpc) is 3.05. The summed E-state index contributed by atoms with van der Waals surface area (Å²) in [6, 6.07) is 14.0. The van der Waals surface area contributed by atoms with Crippen molar-refractivity contribution in [2.45, 2.75) is 11.3 Å². The van der Waals surface area contributed by atoms with E-state index in [1.165, 1.54) is 4.90 Å². The van der Waals surface area contributed by atoms with Gasteiger partial charge in [0.05, 0.1) is 17.8 Å². The number of anilines is 1. The third-order valence-electron chi connectivity index (χ3n) is 4.20. The van der Waals surface area contributed by atoms with Crippen molar-refractivity contribution in [3.05, 3.63) is 64.2 Å². The van der Waals surface area contributed by atoms with E-state index in [-0.39, 0.29) is 5.78 Å². The van der Waals surface area contributed by atoms with E-state index >= 15 is 0 Å². The molecule has 0 bridgehead atoms. The van der Waals surface area contributed by atoms with E-state index in [0.29, 0.717) is 6.42 Å². The van der Waals surface area contributed by atoms with Gasteiger partial charge in [0.2, 0.25) is 0 Å². The number of carbonyl (C=O) groups is 1. The summed E-state index contributed by atoms with van der Waals surface area (Å²) in [5.41, 5.74) is 3.90. The number of hydrogen-bond donors (Lipinski definition) is 0. The Bertz CT molecular complexity index is 826. The molecule has 2 aromatic rings. The van der Waals surface area contributed by atoms with Gasteiger partial charge in [-0.1, -0.05) is 30.0 Å². The smallest absolute Gasteiger partial charge is 0.192 e. The van der Waals surface area contributed by atoms with Crippen LogP contribution in [-0.2, 0) is 6.42 Å². The predicted molar refractivity (Wildman–Crippen MR) is 88.8 cm³/mol. The zero-order valence-corrected chi connectivity index (χ0v) is 13.2. The Morgan fingerprint density at radius 2 is 2.00 bits per heavy atom. The van der Waals surface area contributed by atoms with E-state index in [1.54, 1.807) is 18.9 Å². The van der Waals surface area contributed by atoms with Gasteiger partial charge in [0, 0.05) is 29.5 Å². The second-order valence-electron chi connectivity index (χ2n) is 5.44. The van der Waals surface area contributed by atoms with Crippen LogP contribution in [0.3, 0.4) is 0 Å². The molecule has 4 heteroatoms. The van der Waals surface area contributed by atoms with Crippen LogP contribution in [0.5, 0.6) is 5.75 Å². The van der Waals surface area contributed by atoms with Crippen LogP contribution in [0.4, 0.5) is 5.69 Å². The van der Waals surface area contributed by atoms with E-state index < -0.39 is 0 Å². The summed E-state index contributed by atoms with van der Waals surface area (Å²) in [4.78, 5) is 16.1. The fourth-order valence-corrected chi connectivity index (χ4v) is 4.21. The lowest BCUT2D eigenvalue weighted by Crippen LogP contribution is -2.14. The zero-order chi connectivity index (χ0) is 15.3. The van der Waals surface area contributed by atoms with Gasteiger partial charge in [0.15, 0.2) is 5.78 Å². The van der Waals surface area contributed by atoms with E-state index in [0.717, 1.165) is 33.2 Å². The number of para-hydroxylation sites is 1. The first-order chi connectivity index (χ1) is 10.7. The molecule has 2 aromatic carbocycles. The Hall–Kier alpha value is -2.20. The minimum Gasteiger partial charge on any atom is -0.497 e. The number of Topliss-reactive ketones (excluding diaryl/α,β-unsaturated/α-hetero) is 1. The van der Waals surface area contributed by atoms with Crippen molar-refractivity contribution in [2.24, 2.45) is 0 Å². The molecule has 1 aliphatic heterocycles. The number of fused-ring (bicyclic) bond motifs is 2. The molecule has 0 aromatic heterocycles. The molecule has 0 atom stereocenters. The van der Waals surface area contributed by atoms with Gasteiger partial charge in [-0.2, -0.15) is 0 Å². The fraction of sp³-hybridized carbons (Fsp3) is 0.167. The van der Waals surface area contributed by atoms with Gasteiger partial charge in [0.25, 0.3) is 0 Å². The maximum absolute atomic E-state index is 12.8. The van der Waals surface area contributed by atoms with Gasteiger partial charge in [0.1, 0.15) is 5.75 Å². The van der Waals surface area contributed by atoms with Crippen molar-refractivity contribution in [1.29, 1.82) is 0 Å². The second-order valence-corrected chi connectivity index (χ2v) is 6.47. The Morgan fingerprint density at radius 1 is 1.18 bits per heavy atom. The van der Waals surface area contributed by atoms with Crippen molar-refractivity contribution < 1.29 is 9.53 Å². The highest BCUT2D eigenvalue weighted by Crippen LogP contribution is 2.48. The predicted octanol–water partition coefficient (Wildman–Crippen LogP) is 3.89. The molecular formula is C18H15NO2S. The van der Waals surface area contributed by atoms with Crippen LogP contribution in [0.1, 0.15) is 15.9 Å². The molecule has 0 saturated carbocycles. The minimum atomic E-state index is 0.121. The number of thioether (sulfide) groups is 1. The van der Waals surface area contributed by atoms with Crippen molar-refractivity contribution in [3.8, 4) is 5.75 Å². The van der Waals surface area contributed by atoms with Crippen LogP contribution in [-0.4, -0.2) is 19.9 Å². The van der Waals surface area contributed by atoms with Gasteiger partial charge in [-0.25, -0.2) is 0 Å². The number of hydrogen-bond acceptors (Lipinski definition) is 4.